The van der Waals surface area contributed by atoms with E-state index in [1.54, 1.807) is 0 Å². The standard InChI is InChI=1S/C20H24N2O4S/c1-19(2)9-12-13(10-21)18(27-15(12)11-25-19)22-17(24)14-8-16(23)26-20(14)6-4-3-5-7-20/h14H,3-9,11H2,1-2H3,(H,22,24)/t14-/m1/s1. The predicted octanol–water partition coefficient (Wildman–Crippen LogP) is 3.68. The molecule has 2 fully saturated rings. The van der Waals surface area contributed by atoms with E-state index < -0.39 is 11.5 Å². The molecular formula is C20H24N2O4S. The highest BCUT2D eigenvalue weighted by Gasteiger charge is 2.53. The second-order valence-corrected chi connectivity index (χ2v) is 9.50. The first-order valence-electron chi connectivity index (χ1n) is 9.55. The number of fused-ring (bicyclic) bond motifs is 1. The second-order valence-electron chi connectivity index (χ2n) is 8.39. The van der Waals surface area contributed by atoms with Crippen LogP contribution in [0.5, 0.6) is 0 Å². The Morgan fingerprint density at radius 2 is 2.04 bits per heavy atom. The lowest BCUT2D eigenvalue weighted by Crippen LogP contribution is -2.43. The lowest BCUT2D eigenvalue weighted by atomic mass is 9.75. The van der Waals surface area contributed by atoms with Crippen molar-refractivity contribution in [3.63, 3.8) is 0 Å². The summed E-state index contributed by atoms with van der Waals surface area (Å²) in [5.41, 5.74) is 0.523. The number of anilines is 1. The van der Waals surface area contributed by atoms with Crippen molar-refractivity contribution >= 4 is 28.2 Å². The minimum absolute atomic E-state index is 0.120. The van der Waals surface area contributed by atoms with Gasteiger partial charge in [-0.15, -0.1) is 11.3 Å². The molecule has 6 nitrogen and oxygen atoms in total. The maximum Gasteiger partial charge on any atom is 0.307 e. The summed E-state index contributed by atoms with van der Waals surface area (Å²) >= 11 is 1.41. The molecule has 0 radical (unpaired) electrons. The number of amides is 1. The minimum atomic E-state index is -0.659. The Bertz CT molecular complexity index is 830. The molecule has 1 aliphatic carbocycles. The number of ether oxygens (including phenoxy) is 2. The number of esters is 1. The van der Waals surface area contributed by atoms with Gasteiger partial charge < -0.3 is 14.8 Å². The average Bonchev–Trinajstić information content (AvgIpc) is 3.11. The first-order valence-corrected chi connectivity index (χ1v) is 10.4. The summed E-state index contributed by atoms with van der Waals surface area (Å²) < 4.78 is 11.5. The van der Waals surface area contributed by atoms with Crippen LogP contribution in [0.1, 0.15) is 68.4 Å². The van der Waals surface area contributed by atoms with Crippen molar-refractivity contribution in [3.05, 3.63) is 16.0 Å². The van der Waals surface area contributed by atoms with Crippen molar-refractivity contribution in [2.24, 2.45) is 5.92 Å². The maximum atomic E-state index is 13.1. The van der Waals surface area contributed by atoms with E-state index in [1.165, 1.54) is 11.3 Å². The van der Waals surface area contributed by atoms with Crippen LogP contribution in [0.25, 0.3) is 0 Å². The summed E-state index contributed by atoms with van der Waals surface area (Å²) in [4.78, 5) is 26.0. The molecule has 0 unspecified atom stereocenters. The van der Waals surface area contributed by atoms with Crippen LogP contribution in [0.4, 0.5) is 5.00 Å². The molecule has 1 aromatic heterocycles. The van der Waals surface area contributed by atoms with Crippen LogP contribution < -0.4 is 5.32 Å². The number of thiophene rings is 1. The molecule has 1 N–H and O–H groups in total. The third-order valence-corrected chi connectivity index (χ3v) is 7.10. The maximum absolute atomic E-state index is 13.1. The Hall–Kier alpha value is -1.91. The Balaban J connectivity index is 1.59. The Kier molecular flexibility index (Phi) is 4.52. The molecule has 0 bridgehead atoms. The number of nitrogens with zero attached hydrogens (tertiary/aromatic N) is 1. The lowest BCUT2D eigenvalue weighted by molar-refractivity contribution is -0.153. The SMILES string of the molecule is CC1(C)Cc2c(sc(NC(=O)[C@H]3CC(=O)OC34CCCCC4)c2C#N)CO1. The van der Waals surface area contributed by atoms with Crippen molar-refractivity contribution < 1.29 is 19.1 Å². The molecule has 1 saturated heterocycles. The van der Waals surface area contributed by atoms with Crippen molar-refractivity contribution in [2.75, 3.05) is 5.32 Å². The molecule has 3 aliphatic rings. The third kappa shape index (κ3) is 3.26. The highest BCUT2D eigenvalue weighted by molar-refractivity contribution is 7.16. The Morgan fingerprint density at radius 1 is 1.30 bits per heavy atom. The van der Waals surface area contributed by atoms with E-state index in [1.807, 2.05) is 13.8 Å². The summed E-state index contributed by atoms with van der Waals surface area (Å²) in [6, 6.07) is 2.26. The van der Waals surface area contributed by atoms with Crippen LogP contribution in [0.3, 0.4) is 0 Å². The largest absolute Gasteiger partial charge is 0.458 e. The summed E-state index contributed by atoms with van der Waals surface area (Å²) in [5.74, 6) is -0.986. The Morgan fingerprint density at radius 3 is 2.74 bits per heavy atom. The molecule has 4 rings (SSSR count). The van der Waals surface area contributed by atoms with Gasteiger partial charge in [-0.3, -0.25) is 9.59 Å². The second kappa shape index (κ2) is 6.61. The molecule has 1 amide bonds. The fraction of sp³-hybridized carbons (Fsp3) is 0.650. The number of hydrogen-bond donors (Lipinski definition) is 1. The smallest absolute Gasteiger partial charge is 0.307 e. The topological polar surface area (TPSA) is 88.4 Å². The molecule has 1 spiro atoms. The number of nitriles is 1. The number of carbonyl (C=O) groups excluding carboxylic acids is 2. The highest BCUT2D eigenvalue weighted by atomic mass is 32.1. The van der Waals surface area contributed by atoms with Gasteiger partial charge in [0.25, 0.3) is 0 Å². The summed E-state index contributed by atoms with van der Waals surface area (Å²) in [6.07, 6.45) is 5.30. The van der Waals surface area contributed by atoms with Crippen molar-refractivity contribution in [2.45, 2.75) is 76.6 Å². The van der Waals surface area contributed by atoms with Gasteiger partial charge in [-0.1, -0.05) is 6.42 Å². The zero-order chi connectivity index (χ0) is 19.2. The molecule has 3 heterocycles. The number of nitrogens with one attached hydrogen (secondary N) is 1. The molecular weight excluding hydrogens is 364 g/mol. The van der Waals surface area contributed by atoms with Crippen molar-refractivity contribution in [3.8, 4) is 6.07 Å². The zero-order valence-corrected chi connectivity index (χ0v) is 16.5. The molecule has 1 saturated carbocycles. The lowest BCUT2D eigenvalue weighted by Gasteiger charge is -2.35. The van der Waals surface area contributed by atoms with Crippen LogP contribution in [-0.2, 0) is 32.1 Å². The zero-order valence-electron chi connectivity index (χ0n) is 15.7. The third-order valence-electron chi connectivity index (χ3n) is 5.98. The Labute approximate surface area is 162 Å². The van der Waals surface area contributed by atoms with E-state index >= 15 is 0 Å². The quantitative estimate of drug-likeness (QED) is 0.781. The van der Waals surface area contributed by atoms with Gasteiger partial charge in [-0.2, -0.15) is 5.26 Å². The highest BCUT2D eigenvalue weighted by Crippen LogP contribution is 2.45. The van der Waals surface area contributed by atoms with Gasteiger partial charge in [-0.25, -0.2) is 0 Å². The van der Waals surface area contributed by atoms with E-state index in [4.69, 9.17) is 9.47 Å². The van der Waals surface area contributed by atoms with Crippen LogP contribution in [0.15, 0.2) is 0 Å². The molecule has 1 aromatic rings. The molecule has 7 heteroatoms. The monoisotopic (exact) mass is 388 g/mol. The molecule has 1 atom stereocenters. The minimum Gasteiger partial charge on any atom is -0.458 e. The first kappa shape index (κ1) is 18.5. The van der Waals surface area contributed by atoms with Crippen LogP contribution in [0, 0.1) is 17.2 Å². The number of hydrogen-bond acceptors (Lipinski definition) is 6. The van der Waals surface area contributed by atoms with E-state index in [0.717, 1.165) is 42.5 Å². The van der Waals surface area contributed by atoms with Gasteiger partial charge in [0.2, 0.25) is 5.91 Å². The van der Waals surface area contributed by atoms with Gasteiger partial charge in [0, 0.05) is 11.3 Å². The van der Waals surface area contributed by atoms with Crippen molar-refractivity contribution in [1.82, 2.24) is 0 Å². The normalized spacial score (nSPS) is 25.5. The summed E-state index contributed by atoms with van der Waals surface area (Å²) in [7, 11) is 0. The first-order chi connectivity index (χ1) is 12.8. The average molecular weight is 388 g/mol. The van der Waals surface area contributed by atoms with Gasteiger partial charge in [0.15, 0.2) is 0 Å². The van der Waals surface area contributed by atoms with E-state index in [-0.39, 0.29) is 23.9 Å². The fourth-order valence-corrected chi connectivity index (χ4v) is 5.67. The van der Waals surface area contributed by atoms with Crippen molar-refractivity contribution in [1.29, 1.82) is 5.26 Å². The van der Waals surface area contributed by atoms with Gasteiger partial charge in [-0.05, 0) is 45.1 Å². The van der Waals surface area contributed by atoms with Crippen LogP contribution in [0.2, 0.25) is 0 Å². The van der Waals surface area contributed by atoms with Gasteiger partial charge >= 0.3 is 5.97 Å². The van der Waals surface area contributed by atoms with Crippen LogP contribution in [-0.4, -0.2) is 23.1 Å². The summed E-state index contributed by atoms with van der Waals surface area (Å²) in [5, 5.41) is 13.2. The van der Waals surface area contributed by atoms with Crippen LogP contribution >= 0.6 is 11.3 Å². The molecule has 2 aliphatic heterocycles. The van der Waals surface area contributed by atoms with Gasteiger partial charge in [0.05, 0.1) is 30.1 Å². The van der Waals surface area contributed by atoms with E-state index in [2.05, 4.69) is 11.4 Å². The fourth-order valence-electron chi connectivity index (χ4n) is 4.58. The van der Waals surface area contributed by atoms with Gasteiger partial charge in [0.1, 0.15) is 16.7 Å². The summed E-state index contributed by atoms with van der Waals surface area (Å²) in [6.45, 7) is 4.45. The molecule has 27 heavy (non-hydrogen) atoms. The molecule has 0 aromatic carbocycles. The predicted molar refractivity (Wildman–Crippen MR) is 100 cm³/mol. The number of carbonyl (C=O) groups is 2. The number of rotatable bonds is 2. The van der Waals surface area contributed by atoms with E-state index in [9.17, 15) is 14.9 Å². The van der Waals surface area contributed by atoms with E-state index in [0.29, 0.717) is 23.6 Å². The molecule has 144 valence electrons.